The maximum atomic E-state index is 5.68. The van der Waals surface area contributed by atoms with Crippen LogP contribution in [-0.4, -0.2) is 26.9 Å². The monoisotopic (exact) mass is 341 g/mol. The highest BCUT2D eigenvalue weighted by Gasteiger charge is 2.27. The van der Waals surface area contributed by atoms with Crippen molar-refractivity contribution >= 4 is 15.9 Å². The Morgan fingerprint density at radius 2 is 2.35 bits per heavy atom. The van der Waals surface area contributed by atoms with Crippen molar-refractivity contribution in [2.45, 2.75) is 32.2 Å². The Hall–Kier alpha value is -0.580. The number of nitrogens with one attached hydrogen (secondary N) is 1. The van der Waals surface area contributed by atoms with Crippen molar-refractivity contribution in [3.8, 4) is 5.75 Å². The van der Waals surface area contributed by atoms with Crippen molar-refractivity contribution < 1.29 is 9.47 Å². The van der Waals surface area contributed by atoms with Gasteiger partial charge in [-0.3, -0.25) is 0 Å². The standard InChI is InChI=1S/C16H24BrNO2/c1-3-8-18-16(12-5-4-9-20-11-12)14-10-13(17)6-7-15(14)19-2/h6-7,10,12,16,18H,3-5,8-9,11H2,1-2H3. The lowest BCUT2D eigenvalue weighted by atomic mass is 9.88. The summed E-state index contributed by atoms with van der Waals surface area (Å²) in [5, 5.41) is 3.68. The van der Waals surface area contributed by atoms with Crippen LogP contribution in [0.4, 0.5) is 0 Å². The van der Waals surface area contributed by atoms with Crippen molar-refractivity contribution in [3.63, 3.8) is 0 Å². The zero-order chi connectivity index (χ0) is 14.4. The fraction of sp³-hybridized carbons (Fsp3) is 0.625. The van der Waals surface area contributed by atoms with E-state index in [0.717, 1.165) is 42.8 Å². The van der Waals surface area contributed by atoms with Gasteiger partial charge in [-0.25, -0.2) is 0 Å². The normalized spacial score (nSPS) is 20.6. The summed E-state index contributed by atoms with van der Waals surface area (Å²) in [5.74, 6) is 1.46. The summed E-state index contributed by atoms with van der Waals surface area (Å²) in [5.41, 5.74) is 1.23. The molecule has 0 saturated carbocycles. The van der Waals surface area contributed by atoms with Gasteiger partial charge in [-0.05, 0) is 44.0 Å². The van der Waals surface area contributed by atoms with E-state index in [1.54, 1.807) is 7.11 Å². The number of methoxy groups -OCH3 is 1. The Bertz CT molecular complexity index is 419. The second-order valence-electron chi connectivity index (χ2n) is 5.30. The molecule has 0 aromatic heterocycles. The highest BCUT2D eigenvalue weighted by atomic mass is 79.9. The fourth-order valence-corrected chi connectivity index (χ4v) is 3.19. The summed E-state index contributed by atoms with van der Waals surface area (Å²) < 4.78 is 12.3. The van der Waals surface area contributed by atoms with Crippen LogP contribution in [0.5, 0.6) is 5.75 Å². The minimum atomic E-state index is 0.294. The topological polar surface area (TPSA) is 30.5 Å². The van der Waals surface area contributed by atoms with Crippen LogP contribution >= 0.6 is 15.9 Å². The minimum absolute atomic E-state index is 0.294. The summed E-state index contributed by atoms with van der Waals surface area (Å²) >= 11 is 3.57. The molecule has 0 amide bonds. The first kappa shape index (κ1) is 15.8. The van der Waals surface area contributed by atoms with Crippen LogP contribution < -0.4 is 10.1 Å². The van der Waals surface area contributed by atoms with E-state index >= 15 is 0 Å². The van der Waals surface area contributed by atoms with E-state index in [1.165, 1.54) is 12.0 Å². The predicted molar refractivity (Wildman–Crippen MR) is 85.3 cm³/mol. The van der Waals surface area contributed by atoms with E-state index in [0.29, 0.717) is 12.0 Å². The summed E-state index contributed by atoms with van der Waals surface area (Å²) in [6.07, 6.45) is 3.47. The first-order valence-electron chi connectivity index (χ1n) is 7.40. The molecule has 2 atom stereocenters. The average molecular weight is 342 g/mol. The molecule has 2 unspecified atom stereocenters. The molecule has 1 N–H and O–H groups in total. The van der Waals surface area contributed by atoms with Crippen molar-refractivity contribution in [3.05, 3.63) is 28.2 Å². The van der Waals surface area contributed by atoms with Crippen LogP contribution in [0.3, 0.4) is 0 Å². The molecule has 20 heavy (non-hydrogen) atoms. The SMILES string of the molecule is CCCNC(c1cc(Br)ccc1OC)C1CCCOC1. The van der Waals surface area contributed by atoms with Gasteiger partial charge in [-0.1, -0.05) is 22.9 Å². The number of ether oxygens (including phenoxy) is 2. The smallest absolute Gasteiger partial charge is 0.123 e. The second-order valence-corrected chi connectivity index (χ2v) is 6.21. The van der Waals surface area contributed by atoms with E-state index in [-0.39, 0.29) is 0 Å². The van der Waals surface area contributed by atoms with Gasteiger partial charge in [0.05, 0.1) is 13.7 Å². The first-order valence-corrected chi connectivity index (χ1v) is 8.20. The molecule has 0 bridgehead atoms. The Kier molecular flexibility index (Phi) is 6.33. The number of hydrogen-bond donors (Lipinski definition) is 1. The third-order valence-electron chi connectivity index (χ3n) is 3.81. The summed E-state index contributed by atoms with van der Waals surface area (Å²) in [6.45, 7) is 4.93. The van der Waals surface area contributed by atoms with E-state index in [1.807, 2.05) is 12.1 Å². The van der Waals surface area contributed by atoms with E-state index < -0.39 is 0 Å². The quantitative estimate of drug-likeness (QED) is 0.850. The Labute approximate surface area is 130 Å². The van der Waals surface area contributed by atoms with Gasteiger partial charge >= 0.3 is 0 Å². The van der Waals surface area contributed by atoms with Crippen molar-refractivity contribution in [2.24, 2.45) is 5.92 Å². The lowest BCUT2D eigenvalue weighted by Gasteiger charge is -2.32. The van der Waals surface area contributed by atoms with Gasteiger partial charge in [0, 0.05) is 28.6 Å². The Balaban J connectivity index is 2.26. The predicted octanol–water partition coefficient (Wildman–Crippen LogP) is 3.93. The largest absolute Gasteiger partial charge is 0.496 e. The molecule has 1 aromatic carbocycles. The van der Waals surface area contributed by atoms with Gasteiger partial charge in [0.15, 0.2) is 0 Å². The molecule has 2 rings (SSSR count). The zero-order valence-corrected chi connectivity index (χ0v) is 13.9. The van der Waals surface area contributed by atoms with Gasteiger partial charge < -0.3 is 14.8 Å². The molecule has 1 aliphatic rings. The Morgan fingerprint density at radius 1 is 1.50 bits per heavy atom. The lowest BCUT2D eigenvalue weighted by Crippen LogP contribution is -2.34. The van der Waals surface area contributed by atoms with Crippen LogP contribution in [-0.2, 0) is 4.74 Å². The maximum absolute atomic E-state index is 5.68. The minimum Gasteiger partial charge on any atom is -0.496 e. The van der Waals surface area contributed by atoms with Crippen molar-refractivity contribution in [2.75, 3.05) is 26.9 Å². The van der Waals surface area contributed by atoms with Crippen LogP contribution in [0.1, 0.15) is 37.8 Å². The van der Waals surface area contributed by atoms with E-state index in [4.69, 9.17) is 9.47 Å². The maximum Gasteiger partial charge on any atom is 0.123 e. The molecule has 1 aliphatic heterocycles. The number of benzene rings is 1. The summed E-state index contributed by atoms with van der Waals surface area (Å²) in [4.78, 5) is 0. The van der Waals surface area contributed by atoms with Crippen molar-refractivity contribution in [1.82, 2.24) is 5.32 Å². The highest BCUT2D eigenvalue weighted by molar-refractivity contribution is 9.10. The van der Waals surface area contributed by atoms with Crippen LogP contribution in [0.2, 0.25) is 0 Å². The van der Waals surface area contributed by atoms with E-state index in [9.17, 15) is 0 Å². The van der Waals surface area contributed by atoms with Gasteiger partial charge in [-0.2, -0.15) is 0 Å². The third kappa shape index (κ3) is 3.96. The zero-order valence-electron chi connectivity index (χ0n) is 12.3. The van der Waals surface area contributed by atoms with E-state index in [2.05, 4.69) is 34.2 Å². The average Bonchev–Trinajstić information content (AvgIpc) is 2.49. The van der Waals surface area contributed by atoms with Crippen LogP contribution in [0, 0.1) is 5.92 Å². The van der Waals surface area contributed by atoms with Gasteiger partial charge in [-0.15, -0.1) is 0 Å². The number of rotatable bonds is 6. The molecular formula is C16H24BrNO2. The van der Waals surface area contributed by atoms with Crippen molar-refractivity contribution in [1.29, 1.82) is 0 Å². The van der Waals surface area contributed by atoms with Gasteiger partial charge in [0.2, 0.25) is 0 Å². The molecule has 0 radical (unpaired) electrons. The molecular weight excluding hydrogens is 318 g/mol. The molecule has 112 valence electrons. The van der Waals surface area contributed by atoms with Gasteiger partial charge in [0.1, 0.15) is 5.75 Å². The number of hydrogen-bond acceptors (Lipinski definition) is 3. The van der Waals surface area contributed by atoms with Crippen LogP contribution in [0.15, 0.2) is 22.7 Å². The summed E-state index contributed by atoms with van der Waals surface area (Å²) in [7, 11) is 1.74. The summed E-state index contributed by atoms with van der Waals surface area (Å²) in [6, 6.07) is 6.52. The van der Waals surface area contributed by atoms with Gasteiger partial charge in [0.25, 0.3) is 0 Å². The molecule has 3 nitrogen and oxygen atoms in total. The van der Waals surface area contributed by atoms with Crippen LogP contribution in [0.25, 0.3) is 0 Å². The molecule has 4 heteroatoms. The lowest BCUT2D eigenvalue weighted by molar-refractivity contribution is 0.0387. The molecule has 0 spiro atoms. The Morgan fingerprint density at radius 3 is 3.00 bits per heavy atom. The first-order chi connectivity index (χ1) is 9.76. The number of halogens is 1. The fourth-order valence-electron chi connectivity index (χ4n) is 2.81. The molecule has 1 heterocycles. The highest BCUT2D eigenvalue weighted by Crippen LogP contribution is 2.35. The molecule has 1 aromatic rings. The molecule has 1 fully saturated rings. The molecule has 0 aliphatic carbocycles. The second kappa shape index (κ2) is 8.01. The third-order valence-corrected chi connectivity index (χ3v) is 4.30. The molecule has 1 saturated heterocycles.